The summed E-state index contributed by atoms with van der Waals surface area (Å²) in [5.41, 5.74) is 4.03. The summed E-state index contributed by atoms with van der Waals surface area (Å²) in [6.07, 6.45) is 7.34. The Bertz CT molecular complexity index is 1460. The Morgan fingerprint density at radius 3 is 2.69 bits per heavy atom. The van der Waals surface area contributed by atoms with Crippen LogP contribution in [0.5, 0.6) is 0 Å². The number of imidazole rings is 1. The van der Waals surface area contributed by atoms with E-state index in [1.165, 1.54) is 0 Å². The Labute approximate surface area is 212 Å². The average Bonchev–Trinajstić information content (AvgIpc) is 3.56. The molecule has 3 aromatic heterocycles. The molecular weight excluding hydrogens is 472 g/mol. The van der Waals surface area contributed by atoms with Crippen molar-refractivity contribution in [2.24, 2.45) is 0 Å². The van der Waals surface area contributed by atoms with Crippen LogP contribution in [0.1, 0.15) is 21.6 Å². The molecule has 2 amide bonds. The van der Waals surface area contributed by atoms with Gasteiger partial charge in [-0.1, -0.05) is 30.3 Å². The zero-order valence-corrected chi connectivity index (χ0v) is 20.2. The van der Waals surface area contributed by atoms with Crippen LogP contribution in [0.15, 0.2) is 102 Å². The molecule has 3 heterocycles. The maximum absolute atomic E-state index is 13.0. The number of carbonyl (C=O) groups excluding carboxylic acids is 2. The molecule has 0 saturated heterocycles. The van der Waals surface area contributed by atoms with Gasteiger partial charge >= 0.3 is 0 Å². The van der Waals surface area contributed by atoms with Crippen LogP contribution in [-0.4, -0.2) is 31.0 Å². The Kier molecular flexibility index (Phi) is 7.09. The highest BCUT2D eigenvalue weighted by Gasteiger charge is 2.13. The highest BCUT2D eigenvalue weighted by molar-refractivity contribution is 7.98. The molecule has 2 N–H and O–H groups in total. The number of nitrogens with one attached hydrogen (secondary N) is 2. The third kappa shape index (κ3) is 5.81. The molecule has 180 valence electrons. The summed E-state index contributed by atoms with van der Waals surface area (Å²) in [6.45, 7) is 0.477. The number of benzene rings is 2. The van der Waals surface area contributed by atoms with Crippen molar-refractivity contribution < 1.29 is 9.59 Å². The first-order valence-corrected chi connectivity index (χ1v) is 12.4. The fourth-order valence-electron chi connectivity index (χ4n) is 3.77. The number of fused-ring (bicyclic) bond motifs is 1. The number of nitrogens with zero attached hydrogens (tertiary/aromatic N) is 4. The van der Waals surface area contributed by atoms with Gasteiger partial charge in [0.05, 0.1) is 11.3 Å². The normalized spacial score (nSPS) is 10.9. The maximum atomic E-state index is 13.0. The predicted octanol–water partition coefficient (Wildman–Crippen LogP) is 4.39. The zero-order valence-electron chi connectivity index (χ0n) is 19.4. The molecule has 0 fully saturated rings. The third-order valence-corrected chi connectivity index (χ3v) is 6.56. The van der Waals surface area contributed by atoms with Crippen LogP contribution >= 0.6 is 11.8 Å². The molecule has 0 radical (unpaired) electrons. The second-order valence-electron chi connectivity index (χ2n) is 8.12. The van der Waals surface area contributed by atoms with Gasteiger partial charge in [-0.15, -0.1) is 11.8 Å². The van der Waals surface area contributed by atoms with Gasteiger partial charge in [-0.3, -0.25) is 14.3 Å². The molecule has 5 rings (SSSR count). The topological polar surface area (TPSA) is 93.3 Å². The SMILES string of the molecule is O=C(Cn1cccn1)Nc1cccc(CNC(=O)c2ccccc2SCc2cn3ccccc3n2)c1. The molecule has 9 heteroatoms. The summed E-state index contributed by atoms with van der Waals surface area (Å²) in [4.78, 5) is 30.8. The Morgan fingerprint density at radius 2 is 1.83 bits per heavy atom. The van der Waals surface area contributed by atoms with Crippen molar-refractivity contribution in [1.82, 2.24) is 24.5 Å². The van der Waals surface area contributed by atoms with Crippen molar-refractivity contribution in [2.45, 2.75) is 23.7 Å². The van der Waals surface area contributed by atoms with E-state index in [-0.39, 0.29) is 18.4 Å². The van der Waals surface area contributed by atoms with Gasteiger partial charge in [0.15, 0.2) is 0 Å². The van der Waals surface area contributed by atoms with Gasteiger partial charge in [0.25, 0.3) is 5.91 Å². The number of anilines is 1. The fourth-order valence-corrected chi connectivity index (χ4v) is 4.70. The third-order valence-electron chi connectivity index (χ3n) is 5.45. The van der Waals surface area contributed by atoms with Crippen molar-refractivity contribution in [3.63, 3.8) is 0 Å². The number of thioether (sulfide) groups is 1. The van der Waals surface area contributed by atoms with Crippen LogP contribution in [0, 0.1) is 0 Å². The van der Waals surface area contributed by atoms with E-state index in [0.29, 0.717) is 23.5 Å². The number of hydrogen-bond acceptors (Lipinski definition) is 5. The lowest BCUT2D eigenvalue weighted by atomic mass is 10.1. The molecule has 0 unspecified atom stereocenters. The summed E-state index contributed by atoms with van der Waals surface area (Å²) < 4.78 is 3.55. The van der Waals surface area contributed by atoms with Crippen molar-refractivity contribution in [3.8, 4) is 0 Å². The van der Waals surface area contributed by atoms with E-state index in [1.807, 2.05) is 83.5 Å². The highest BCUT2D eigenvalue weighted by atomic mass is 32.2. The molecule has 2 aromatic carbocycles. The molecule has 5 aromatic rings. The van der Waals surface area contributed by atoms with E-state index in [2.05, 4.69) is 20.7 Å². The molecule has 0 spiro atoms. The van der Waals surface area contributed by atoms with Crippen molar-refractivity contribution in [2.75, 3.05) is 5.32 Å². The minimum Gasteiger partial charge on any atom is -0.348 e. The van der Waals surface area contributed by atoms with Gasteiger partial charge in [-0.05, 0) is 48.0 Å². The van der Waals surface area contributed by atoms with Crippen LogP contribution in [0.2, 0.25) is 0 Å². The van der Waals surface area contributed by atoms with Gasteiger partial charge in [-0.25, -0.2) is 4.98 Å². The van der Waals surface area contributed by atoms with Crippen molar-refractivity contribution >= 4 is 34.9 Å². The van der Waals surface area contributed by atoms with Crippen LogP contribution in [0.25, 0.3) is 5.65 Å². The number of aromatic nitrogens is 4. The van der Waals surface area contributed by atoms with Crippen molar-refractivity contribution in [3.05, 3.63) is 114 Å². The van der Waals surface area contributed by atoms with Crippen LogP contribution < -0.4 is 10.6 Å². The molecule has 0 aliphatic heterocycles. The zero-order chi connectivity index (χ0) is 24.7. The first-order chi connectivity index (χ1) is 17.6. The fraction of sp³-hybridized carbons (Fsp3) is 0.111. The van der Waals surface area contributed by atoms with E-state index in [4.69, 9.17) is 0 Å². The van der Waals surface area contributed by atoms with Crippen LogP contribution in [0.3, 0.4) is 0 Å². The van der Waals surface area contributed by atoms with E-state index >= 15 is 0 Å². The molecular formula is C27H24N6O2S. The lowest BCUT2D eigenvalue weighted by molar-refractivity contribution is -0.116. The van der Waals surface area contributed by atoms with E-state index in [1.54, 1.807) is 34.9 Å². The molecule has 36 heavy (non-hydrogen) atoms. The number of amides is 2. The summed E-state index contributed by atoms with van der Waals surface area (Å²) in [6, 6.07) is 22.7. The smallest absolute Gasteiger partial charge is 0.252 e. The van der Waals surface area contributed by atoms with Crippen LogP contribution in [-0.2, 0) is 23.6 Å². The van der Waals surface area contributed by atoms with Crippen molar-refractivity contribution in [1.29, 1.82) is 0 Å². The predicted molar refractivity (Wildman–Crippen MR) is 140 cm³/mol. The molecule has 0 aliphatic carbocycles. The molecule has 8 nitrogen and oxygen atoms in total. The van der Waals surface area contributed by atoms with Gasteiger partial charge in [-0.2, -0.15) is 5.10 Å². The lowest BCUT2D eigenvalue weighted by Crippen LogP contribution is -2.23. The van der Waals surface area contributed by atoms with E-state index < -0.39 is 0 Å². The van der Waals surface area contributed by atoms with E-state index in [0.717, 1.165) is 21.8 Å². The Morgan fingerprint density at radius 1 is 0.944 bits per heavy atom. The van der Waals surface area contributed by atoms with Gasteiger partial charge in [0.2, 0.25) is 5.91 Å². The summed E-state index contributed by atoms with van der Waals surface area (Å²) in [5.74, 6) is 0.337. The molecule has 0 saturated carbocycles. The van der Waals surface area contributed by atoms with Gasteiger partial charge in [0.1, 0.15) is 12.2 Å². The number of rotatable bonds is 9. The summed E-state index contributed by atoms with van der Waals surface area (Å²) >= 11 is 1.58. The Hall–Kier alpha value is -4.37. The lowest BCUT2D eigenvalue weighted by Gasteiger charge is -2.11. The molecule has 0 aliphatic rings. The minimum atomic E-state index is -0.170. The number of carbonyl (C=O) groups is 2. The highest BCUT2D eigenvalue weighted by Crippen LogP contribution is 2.26. The molecule has 0 bridgehead atoms. The number of hydrogen-bond donors (Lipinski definition) is 2. The number of pyridine rings is 1. The van der Waals surface area contributed by atoms with E-state index in [9.17, 15) is 9.59 Å². The molecule has 0 atom stereocenters. The average molecular weight is 497 g/mol. The maximum Gasteiger partial charge on any atom is 0.252 e. The largest absolute Gasteiger partial charge is 0.348 e. The summed E-state index contributed by atoms with van der Waals surface area (Å²) in [7, 11) is 0. The van der Waals surface area contributed by atoms with Gasteiger partial charge < -0.3 is 15.0 Å². The van der Waals surface area contributed by atoms with Crippen LogP contribution in [0.4, 0.5) is 5.69 Å². The first-order valence-electron chi connectivity index (χ1n) is 11.4. The second kappa shape index (κ2) is 10.9. The standard InChI is InChI=1S/C27H24N6O2S/c34-26(18-33-14-6-12-29-33)31-21-8-5-7-20(15-21)16-28-27(35)23-9-1-2-10-24(23)36-19-22-17-32-13-4-3-11-25(32)30-22/h1-15,17H,16,18-19H2,(H,28,35)(H,31,34). The summed E-state index contributed by atoms with van der Waals surface area (Å²) in [5, 5.41) is 9.90. The van der Waals surface area contributed by atoms with Gasteiger partial charge in [0, 0.05) is 47.7 Å². The monoisotopic (exact) mass is 496 g/mol. The second-order valence-corrected chi connectivity index (χ2v) is 9.14. The minimum absolute atomic E-state index is 0.136. The quantitative estimate of drug-likeness (QED) is 0.295. The Balaban J connectivity index is 1.19. The first kappa shape index (κ1) is 23.4.